The first-order valence-corrected chi connectivity index (χ1v) is 5.91. The summed E-state index contributed by atoms with van der Waals surface area (Å²) in [5, 5.41) is 28.9. The van der Waals surface area contributed by atoms with Crippen LogP contribution in [0, 0.1) is 0 Å². The summed E-state index contributed by atoms with van der Waals surface area (Å²) in [4.78, 5) is 11.2. The molecular formula is C12H16O4S. The van der Waals surface area contributed by atoms with E-state index in [2.05, 4.69) is 12.6 Å². The molecule has 94 valence electrons. The second-order valence-electron chi connectivity index (χ2n) is 3.86. The van der Waals surface area contributed by atoms with Crippen molar-refractivity contribution in [1.29, 1.82) is 0 Å². The molecule has 1 rings (SSSR count). The van der Waals surface area contributed by atoms with Crippen molar-refractivity contribution >= 4 is 18.4 Å². The number of phenolic OH excluding ortho intramolecular Hbond substituents is 1. The quantitative estimate of drug-likeness (QED) is 0.473. The van der Waals surface area contributed by atoms with Gasteiger partial charge in [-0.1, -0.05) is 6.07 Å². The molecule has 0 fully saturated rings. The minimum Gasteiger partial charge on any atom is -0.507 e. The summed E-state index contributed by atoms with van der Waals surface area (Å²) in [6.07, 6.45) is -1.67. The van der Waals surface area contributed by atoms with Crippen molar-refractivity contribution in [3.05, 3.63) is 29.3 Å². The van der Waals surface area contributed by atoms with E-state index in [0.29, 0.717) is 17.7 Å². The largest absolute Gasteiger partial charge is 0.507 e. The Kier molecular flexibility index (Phi) is 4.99. The van der Waals surface area contributed by atoms with Gasteiger partial charge in [0, 0.05) is 0 Å². The van der Waals surface area contributed by atoms with Crippen LogP contribution in [0.15, 0.2) is 18.2 Å². The Bertz CT molecular complexity index is 405. The maximum atomic E-state index is 11.2. The topological polar surface area (TPSA) is 77.8 Å². The van der Waals surface area contributed by atoms with Crippen LogP contribution in [0.25, 0.3) is 0 Å². The highest BCUT2D eigenvalue weighted by Crippen LogP contribution is 2.25. The van der Waals surface area contributed by atoms with Gasteiger partial charge in [0.05, 0.1) is 11.7 Å². The van der Waals surface area contributed by atoms with Crippen molar-refractivity contribution in [2.75, 3.05) is 5.75 Å². The molecule has 2 unspecified atom stereocenters. The summed E-state index contributed by atoms with van der Waals surface area (Å²) in [5.41, 5.74) is 0.543. The zero-order valence-electron chi connectivity index (χ0n) is 9.50. The monoisotopic (exact) mass is 256 g/mol. The van der Waals surface area contributed by atoms with E-state index in [4.69, 9.17) is 0 Å². The number of Topliss-reactive ketones (excluding diaryl/α,β-unsaturated/α-hetero) is 1. The summed E-state index contributed by atoms with van der Waals surface area (Å²) < 4.78 is 0. The third-order valence-electron chi connectivity index (χ3n) is 2.53. The molecule has 0 aliphatic heterocycles. The van der Waals surface area contributed by atoms with Crippen molar-refractivity contribution in [3.8, 4) is 5.75 Å². The maximum absolute atomic E-state index is 11.2. The second kappa shape index (κ2) is 6.05. The number of carbonyl (C=O) groups excluding carboxylic acids is 1. The fourth-order valence-corrected chi connectivity index (χ4v) is 1.80. The first-order chi connectivity index (χ1) is 7.97. The number of aliphatic hydroxyl groups is 2. The highest BCUT2D eigenvalue weighted by Gasteiger charge is 2.19. The Hall–Kier alpha value is -1.04. The number of benzene rings is 1. The van der Waals surface area contributed by atoms with E-state index in [0.717, 1.165) is 0 Å². The van der Waals surface area contributed by atoms with Crippen LogP contribution >= 0.6 is 12.6 Å². The van der Waals surface area contributed by atoms with Gasteiger partial charge in [-0.3, -0.25) is 4.79 Å². The second-order valence-corrected chi connectivity index (χ2v) is 4.30. The first kappa shape index (κ1) is 14.0. The number of rotatable bonds is 5. The normalized spacial score (nSPS) is 14.4. The number of thiol groups is 1. The Labute approximate surface area is 105 Å². The summed E-state index contributed by atoms with van der Waals surface area (Å²) >= 11 is 3.97. The molecule has 4 nitrogen and oxygen atoms in total. The van der Waals surface area contributed by atoms with Crippen molar-refractivity contribution in [1.82, 2.24) is 0 Å². The molecule has 0 amide bonds. The number of aromatic hydroxyl groups is 1. The lowest BCUT2D eigenvalue weighted by Gasteiger charge is -2.18. The lowest BCUT2D eigenvalue weighted by molar-refractivity contribution is 0.0172. The molecule has 17 heavy (non-hydrogen) atoms. The highest BCUT2D eigenvalue weighted by molar-refractivity contribution is 7.80. The average molecular weight is 256 g/mol. The van der Waals surface area contributed by atoms with Crippen LogP contribution in [-0.4, -0.2) is 33.0 Å². The molecule has 3 N–H and O–H groups in total. The van der Waals surface area contributed by atoms with E-state index < -0.39 is 12.2 Å². The molecule has 0 spiro atoms. The summed E-state index contributed by atoms with van der Waals surface area (Å²) in [6.45, 7) is 1.33. The van der Waals surface area contributed by atoms with E-state index >= 15 is 0 Å². The van der Waals surface area contributed by atoms with E-state index in [1.54, 1.807) is 0 Å². The molecule has 0 saturated heterocycles. The molecule has 0 aliphatic carbocycles. The number of aliphatic hydroxyl groups excluding tert-OH is 2. The SMILES string of the molecule is CC(=O)c1cc(C(O)C(O)CCS)ccc1O. The van der Waals surface area contributed by atoms with Crippen LogP contribution < -0.4 is 0 Å². The zero-order chi connectivity index (χ0) is 13.0. The molecule has 0 radical (unpaired) electrons. The molecule has 2 atom stereocenters. The van der Waals surface area contributed by atoms with Gasteiger partial charge in [0.1, 0.15) is 11.9 Å². The lowest BCUT2D eigenvalue weighted by atomic mass is 9.99. The molecule has 0 aromatic heterocycles. The third kappa shape index (κ3) is 3.46. The lowest BCUT2D eigenvalue weighted by Crippen LogP contribution is -2.19. The van der Waals surface area contributed by atoms with Gasteiger partial charge in [-0.05, 0) is 36.8 Å². The number of ketones is 1. The van der Waals surface area contributed by atoms with E-state index in [1.165, 1.54) is 25.1 Å². The number of phenols is 1. The van der Waals surface area contributed by atoms with Crippen LogP contribution in [0.5, 0.6) is 5.75 Å². The maximum Gasteiger partial charge on any atom is 0.163 e. The molecule has 1 aromatic carbocycles. The molecule has 0 saturated carbocycles. The predicted octanol–water partition coefficient (Wildman–Crippen LogP) is 1.31. The average Bonchev–Trinajstić information content (AvgIpc) is 2.28. The fraction of sp³-hybridized carbons (Fsp3) is 0.417. The van der Waals surface area contributed by atoms with Gasteiger partial charge in [-0.25, -0.2) is 0 Å². The van der Waals surface area contributed by atoms with E-state index in [9.17, 15) is 20.1 Å². The van der Waals surface area contributed by atoms with Crippen molar-refractivity contribution in [3.63, 3.8) is 0 Å². The summed E-state index contributed by atoms with van der Waals surface area (Å²) in [5.74, 6) is 0.0351. The number of hydrogen-bond acceptors (Lipinski definition) is 5. The Morgan fingerprint density at radius 3 is 2.59 bits per heavy atom. The van der Waals surface area contributed by atoms with Gasteiger partial charge < -0.3 is 15.3 Å². The number of hydrogen-bond donors (Lipinski definition) is 4. The van der Waals surface area contributed by atoms with E-state index in [-0.39, 0.29) is 17.1 Å². The number of carbonyl (C=O) groups is 1. The van der Waals surface area contributed by atoms with Crippen LogP contribution in [0.1, 0.15) is 35.4 Å². The van der Waals surface area contributed by atoms with E-state index in [1.807, 2.05) is 0 Å². The standard InChI is InChI=1S/C12H16O4S/c1-7(13)9-6-8(2-3-10(9)14)12(16)11(15)4-5-17/h2-3,6,11-12,14-17H,4-5H2,1H3. The van der Waals surface area contributed by atoms with Crippen LogP contribution in [-0.2, 0) is 0 Å². The van der Waals surface area contributed by atoms with Gasteiger partial charge >= 0.3 is 0 Å². The molecule has 0 bridgehead atoms. The van der Waals surface area contributed by atoms with Crippen LogP contribution in [0.2, 0.25) is 0 Å². The molecule has 1 aromatic rings. The van der Waals surface area contributed by atoms with Crippen LogP contribution in [0.4, 0.5) is 0 Å². The van der Waals surface area contributed by atoms with Gasteiger partial charge in [-0.15, -0.1) is 0 Å². The minimum atomic E-state index is -1.08. The van der Waals surface area contributed by atoms with Crippen LogP contribution in [0.3, 0.4) is 0 Å². The Balaban J connectivity index is 2.99. The Morgan fingerprint density at radius 2 is 2.06 bits per heavy atom. The zero-order valence-corrected chi connectivity index (χ0v) is 10.4. The molecular weight excluding hydrogens is 240 g/mol. The minimum absolute atomic E-state index is 0.128. The smallest absolute Gasteiger partial charge is 0.163 e. The highest BCUT2D eigenvalue weighted by atomic mass is 32.1. The molecule has 5 heteroatoms. The summed E-state index contributed by atoms with van der Waals surface area (Å²) in [7, 11) is 0. The van der Waals surface area contributed by atoms with Crippen molar-refractivity contribution < 1.29 is 20.1 Å². The van der Waals surface area contributed by atoms with Crippen molar-refractivity contribution in [2.24, 2.45) is 0 Å². The van der Waals surface area contributed by atoms with Crippen molar-refractivity contribution in [2.45, 2.75) is 25.6 Å². The summed E-state index contributed by atoms with van der Waals surface area (Å²) in [6, 6.07) is 4.21. The fourth-order valence-electron chi connectivity index (χ4n) is 1.53. The Morgan fingerprint density at radius 1 is 1.41 bits per heavy atom. The molecule has 0 heterocycles. The van der Waals surface area contributed by atoms with Gasteiger partial charge in [-0.2, -0.15) is 12.6 Å². The van der Waals surface area contributed by atoms with Gasteiger partial charge in [0.25, 0.3) is 0 Å². The molecule has 0 aliphatic rings. The first-order valence-electron chi connectivity index (χ1n) is 5.28. The third-order valence-corrected chi connectivity index (χ3v) is 2.79. The van der Waals surface area contributed by atoms with Gasteiger partial charge in [0.15, 0.2) is 5.78 Å². The van der Waals surface area contributed by atoms with Gasteiger partial charge in [0.2, 0.25) is 0 Å². The predicted molar refractivity (Wildman–Crippen MR) is 67.5 cm³/mol.